The normalized spacial score (nSPS) is 11.7. The van der Waals surface area contributed by atoms with E-state index >= 15 is 0 Å². The van der Waals surface area contributed by atoms with Gasteiger partial charge in [0.2, 0.25) is 0 Å². The molecule has 0 aliphatic carbocycles. The van der Waals surface area contributed by atoms with Gasteiger partial charge in [-0.3, -0.25) is 0 Å². The van der Waals surface area contributed by atoms with Gasteiger partial charge < -0.3 is 0 Å². The van der Waals surface area contributed by atoms with Gasteiger partial charge in [0.15, 0.2) is 0 Å². The number of nitrogens with zero attached hydrogens (tertiary/aromatic N) is 1. The average Bonchev–Trinajstić information content (AvgIpc) is 2.39. The van der Waals surface area contributed by atoms with Crippen molar-refractivity contribution in [3.05, 3.63) is 64.1 Å². The molecule has 7 heteroatoms. The molecular formula is C13H10Cl2N2O2S. The molecule has 0 aliphatic heterocycles. The molecular weight excluding hydrogens is 319 g/mol. The van der Waals surface area contributed by atoms with Gasteiger partial charge in [0, 0.05) is 10.0 Å². The van der Waals surface area contributed by atoms with Crippen LogP contribution in [0.2, 0.25) is 10.0 Å². The Labute approximate surface area is 127 Å². The first kappa shape index (κ1) is 14.8. The first-order chi connectivity index (χ1) is 9.47. The minimum atomic E-state index is -3.70. The van der Waals surface area contributed by atoms with Crippen LogP contribution in [-0.2, 0) is 10.0 Å². The Morgan fingerprint density at radius 2 is 1.70 bits per heavy atom. The van der Waals surface area contributed by atoms with Crippen molar-refractivity contribution in [3.63, 3.8) is 0 Å². The minimum Gasteiger partial charge on any atom is -0.200 e. The predicted octanol–water partition coefficient (Wildman–Crippen LogP) is 3.31. The maximum absolute atomic E-state index is 11.9. The van der Waals surface area contributed by atoms with Crippen LogP contribution >= 0.6 is 23.2 Å². The van der Waals surface area contributed by atoms with E-state index in [0.29, 0.717) is 15.6 Å². The maximum atomic E-state index is 11.9. The third-order valence-corrected chi connectivity index (χ3v) is 4.08. The molecule has 2 aromatic carbocycles. The smallest absolute Gasteiger partial charge is 0.200 e. The zero-order chi connectivity index (χ0) is 14.6. The molecule has 0 aliphatic rings. The van der Waals surface area contributed by atoms with Crippen LogP contribution in [0, 0.1) is 0 Å². The first-order valence-corrected chi connectivity index (χ1v) is 7.77. The van der Waals surface area contributed by atoms with Crippen molar-refractivity contribution < 1.29 is 8.42 Å². The summed E-state index contributed by atoms with van der Waals surface area (Å²) in [6.07, 6.45) is 1.37. The highest BCUT2D eigenvalue weighted by atomic mass is 35.5. The van der Waals surface area contributed by atoms with Gasteiger partial charge in [-0.05, 0) is 42.0 Å². The summed E-state index contributed by atoms with van der Waals surface area (Å²) in [5, 5.41) is 4.71. The Morgan fingerprint density at radius 3 is 2.35 bits per heavy atom. The fourth-order valence-electron chi connectivity index (χ4n) is 1.42. The Hall–Kier alpha value is -1.56. The number of benzene rings is 2. The molecule has 1 N–H and O–H groups in total. The number of rotatable bonds is 4. The molecule has 0 unspecified atom stereocenters. The van der Waals surface area contributed by atoms with E-state index in [1.165, 1.54) is 30.5 Å². The highest BCUT2D eigenvalue weighted by Crippen LogP contribution is 2.14. The summed E-state index contributed by atoms with van der Waals surface area (Å²) in [7, 11) is -3.70. The SMILES string of the molecule is O=S(=O)(NN=Cc1cccc(Cl)c1)c1ccc(Cl)cc1. The van der Waals surface area contributed by atoms with Gasteiger partial charge in [-0.15, -0.1) is 0 Å². The first-order valence-electron chi connectivity index (χ1n) is 5.53. The van der Waals surface area contributed by atoms with Crippen LogP contribution in [-0.4, -0.2) is 14.6 Å². The van der Waals surface area contributed by atoms with E-state index < -0.39 is 10.0 Å². The summed E-state index contributed by atoms with van der Waals surface area (Å²) in [6, 6.07) is 12.7. The monoisotopic (exact) mass is 328 g/mol. The van der Waals surface area contributed by atoms with Gasteiger partial charge >= 0.3 is 0 Å². The number of sulfonamides is 1. The molecule has 0 radical (unpaired) electrons. The summed E-state index contributed by atoms with van der Waals surface area (Å²) in [5.41, 5.74) is 0.691. The molecule has 2 rings (SSSR count). The van der Waals surface area contributed by atoms with E-state index in [2.05, 4.69) is 9.93 Å². The largest absolute Gasteiger partial charge is 0.276 e. The molecule has 0 aromatic heterocycles. The number of nitrogens with one attached hydrogen (secondary N) is 1. The lowest BCUT2D eigenvalue weighted by atomic mass is 10.2. The van der Waals surface area contributed by atoms with Crippen LogP contribution in [0.1, 0.15) is 5.56 Å². The molecule has 0 saturated heterocycles. The number of hydrazone groups is 1. The molecule has 0 heterocycles. The predicted molar refractivity (Wildman–Crippen MR) is 80.8 cm³/mol. The fraction of sp³-hybridized carbons (Fsp3) is 0. The summed E-state index contributed by atoms with van der Waals surface area (Å²) >= 11 is 11.5. The van der Waals surface area contributed by atoms with Crippen LogP contribution in [0.4, 0.5) is 0 Å². The van der Waals surface area contributed by atoms with Gasteiger partial charge in [-0.2, -0.15) is 13.5 Å². The Morgan fingerprint density at radius 1 is 1.00 bits per heavy atom. The van der Waals surface area contributed by atoms with E-state index in [1.807, 2.05) is 0 Å². The van der Waals surface area contributed by atoms with E-state index in [-0.39, 0.29) is 4.90 Å². The molecule has 0 spiro atoms. The summed E-state index contributed by atoms with van der Waals surface area (Å²) < 4.78 is 23.8. The molecule has 0 atom stereocenters. The lowest BCUT2D eigenvalue weighted by Gasteiger charge is -2.03. The van der Waals surface area contributed by atoms with Gasteiger partial charge in [0.1, 0.15) is 0 Å². The lowest BCUT2D eigenvalue weighted by molar-refractivity contribution is 0.584. The van der Waals surface area contributed by atoms with Crippen LogP contribution < -0.4 is 4.83 Å². The molecule has 0 amide bonds. The van der Waals surface area contributed by atoms with Crippen LogP contribution in [0.25, 0.3) is 0 Å². The fourth-order valence-corrected chi connectivity index (χ4v) is 2.54. The molecule has 2 aromatic rings. The molecule has 0 saturated carbocycles. The Bertz CT molecular complexity index is 728. The van der Waals surface area contributed by atoms with Gasteiger partial charge in [0.05, 0.1) is 11.1 Å². The van der Waals surface area contributed by atoms with Crippen molar-refractivity contribution in [3.8, 4) is 0 Å². The highest BCUT2D eigenvalue weighted by molar-refractivity contribution is 7.89. The van der Waals surface area contributed by atoms with Crippen LogP contribution in [0.15, 0.2) is 58.5 Å². The Kier molecular flexibility index (Phi) is 4.65. The second kappa shape index (κ2) is 6.26. The summed E-state index contributed by atoms with van der Waals surface area (Å²) in [5.74, 6) is 0. The topological polar surface area (TPSA) is 58.5 Å². The maximum Gasteiger partial charge on any atom is 0.276 e. The van der Waals surface area contributed by atoms with Crippen LogP contribution in [0.3, 0.4) is 0 Å². The average molecular weight is 329 g/mol. The third-order valence-electron chi connectivity index (χ3n) is 2.36. The lowest BCUT2D eigenvalue weighted by Crippen LogP contribution is -2.18. The molecule has 0 bridgehead atoms. The van der Waals surface area contributed by atoms with E-state index in [1.54, 1.807) is 24.3 Å². The van der Waals surface area contributed by atoms with Gasteiger partial charge in [0.25, 0.3) is 10.0 Å². The molecule has 4 nitrogen and oxygen atoms in total. The molecule has 20 heavy (non-hydrogen) atoms. The zero-order valence-electron chi connectivity index (χ0n) is 10.1. The number of hydrogen-bond acceptors (Lipinski definition) is 3. The van der Waals surface area contributed by atoms with Crippen molar-refractivity contribution in [2.75, 3.05) is 0 Å². The van der Waals surface area contributed by atoms with E-state index in [0.717, 1.165) is 0 Å². The summed E-state index contributed by atoms with van der Waals surface area (Å²) in [6.45, 7) is 0. The quantitative estimate of drug-likeness (QED) is 0.691. The second-order valence-corrected chi connectivity index (χ2v) is 6.40. The highest BCUT2D eigenvalue weighted by Gasteiger charge is 2.11. The zero-order valence-corrected chi connectivity index (χ0v) is 12.5. The number of halogens is 2. The number of hydrogen-bond donors (Lipinski definition) is 1. The van der Waals surface area contributed by atoms with Crippen molar-refractivity contribution in [2.45, 2.75) is 4.90 Å². The van der Waals surface area contributed by atoms with Crippen molar-refractivity contribution in [1.82, 2.24) is 4.83 Å². The van der Waals surface area contributed by atoms with Gasteiger partial charge in [-0.25, -0.2) is 4.83 Å². The van der Waals surface area contributed by atoms with E-state index in [9.17, 15) is 8.42 Å². The van der Waals surface area contributed by atoms with Gasteiger partial charge in [-0.1, -0.05) is 35.3 Å². The second-order valence-electron chi connectivity index (χ2n) is 3.86. The minimum absolute atomic E-state index is 0.0881. The standard InChI is InChI=1S/C13H10Cl2N2O2S/c14-11-4-6-13(7-5-11)20(18,19)17-16-9-10-2-1-3-12(15)8-10/h1-9,17H. The van der Waals surface area contributed by atoms with E-state index in [4.69, 9.17) is 23.2 Å². The summed E-state index contributed by atoms with van der Waals surface area (Å²) in [4.78, 5) is 2.21. The molecule has 104 valence electrons. The molecule has 0 fully saturated rings. The Balaban J connectivity index is 2.11. The van der Waals surface area contributed by atoms with Crippen molar-refractivity contribution in [2.24, 2.45) is 5.10 Å². The van der Waals surface area contributed by atoms with Crippen molar-refractivity contribution >= 4 is 39.4 Å². The van der Waals surface area contributed by atoms with Crippen molar-refractivity contribution in [1.29, 1.82) is 0 Å². The third kappa shape index (κ3) is 3.96. The van der Waals surface area contributed by atoms with Crippen LogP contribution in [0.5, 0.6) is 0 Å².